The Labute approximate surface area is 149 Å². The fourth-order valence-corrected chi connectivity index (χ4v) is 5.66. The van der Waals surface area contributed by atoms with Crippen LogP contribution in [0.1, 0.15) is 52.4 Å². The Kier molecular flexibility index (Phi) is 4.31. The zero-order valence-electron chi connectivity index (χ0n) is 15.4. The average Bonchev–Trinajstić information content (AvgIpc) is 3.19. The highest BCUT2D eigenvalue weighted by Crippen LogP contribution is 2.48. The molecule has 0 aliphatic carbocycles. The highest BCUT2D eigenvalue weighted by molar-refractivity contribution is 5.75. The first-order chi connectivity index (χ1) is 12.0. The summed E-state index contributed by atoms with van der Waals surface area (Å²) in [7, 11) is 1.73. The second-order valence-corrected chi connectivity index (χ2v) is 8.36. The first kappa shape index (κ1) is 17.3. The van der Waals surface area contributed by atoms with Gasteiger partial charge in [-0.2, -0.15) is 0 Å². The van der Waals surface area contributed by atoms with E-state index in [1.54, 1.807) is 7.11 Å². The Bertz CT molecular complexity index is 566. The molecule has 4 saturated heterocycles. The summed E-state index contributed by atoms with van der Waals surface area (Å²) in [5.74, 6) is -0.274. The summed E-state index contributed by atoms with van der Waals surface area (Å²) in [5, 5.41) is 0. The van der Waals surface area contributed by atoms with Crippen LogP contribution >= 0.6 is 0 Å². The molecule has 0 saturated carbocycles. The predicted molar refractivity (Wildman–Crippen MR) is 89.8 cm³/mol. The number of carbonyl (C=O) groups excluding carboxylic acids is 2. The van der Waals surface area contributed by atoms with Gasteiger partial charge in [0, 0.05) is 19.6 Å². The van der Waals surface area contributed by atoms with Crippen molar-refractivity contribution in [2.75, 3.05) is 13.7 Å². The normalized spacial score (nSPS) is 47.6. The van der Waals surface area contributed by atoms with Crippen LogP contribution in [0.25, 0.3) is 0 Å². The molecular formula is C19H29NO5. The second kappa shape index (κ2) is 6.23. The van der Waals surface area contributed by atoms with Crippen LogP contribution in [0.15, 0.2) is 0 Å². The van der Waals surface area contributed by atoms with Gasteiger partial charge in [0.15, 0.2) is 5.60 Å². The topological polar surface area (TPSA) is 65.1 Å². The number of fused-ring (bicyclic) bond motifs is 2. The zero-order chi connectivity index (χ0) is 17.8. The molecule has 0 amide bonds. The molecule has 4 fully saturated rings. The molecule has 4 aliphatic rings. The molecule has 6 heteroatoms. The summed E-state index contributed by atoms with van der Waals surface area (Å²) in [6.07, 6.45) is 5.29. The van der Waals surface area contributed by atoms with Crippen LogP contribution in [0, 0.1) is 11.8 Å². The number of rotatable bonds is 2. The van der Waals surface area contributed by atoms with E-state index in [0.29, 0.717) is 0 Å². The standard InChI is InChI=1S/C19H29NO5/c1-11-9-14(24-17(11)21)13-6-7-15-19(10-12(2)18(22)25-19)16(23-3)5-4-8-20(13)15/h11-16H,4-10H2,1-3H3/t11-,12+,13-,14?,15?,16?,19-/m0/s1. The number of esters is 2. The van der Waals surface area contributed by atoms with Crippen LogP contribution in [0.2, 0.25) is 0 Å². The van der Waals surface area contributed by atoms with Crippen LogP contribution in [0.4, 0.5) is 0 Å². The van der Waals surface area contributed by atoms with Crippen LogP contribution in [0.5, 0.6) is 0 Å². The van der Waals surface area contributed by atoms with Crippen LogP contribution in [0.3, 0.4) is 0 Å². The van der Waals surface area contributed by atoms with Gasteiger partial charge in [-0.15, -0.1) is 0 Å². The van der Waals surface area contributed by atoms with E-state index in [1.165, 1.54) is 0 Å². The number of nitrogens with zero attached hydrogens (tertiary/aromatic N) is 1. The Balaban J connectivity index is 1.62. The summed E-state index contributed by atoms with van der Waals surface area (Å²) in [4.78, 5) is 26.6. The van der Waals surface area contributed by atoms with E-state index in [2.05, 4.69) is 4.90 Å². The maximum Gasteiger partial charge on any atom is 0.309 e. The first-order valence-electron chi connectivity index (χ1n) is 9.68. The molecule has 140 valence electrons. The van der Waals surface area contributed by atoms with Gasteiger partial charge in [-0.3, -0.25) is 14.5 Å². The van der Waals surface area contributed by atoms with Gasteiger partial charge in [0.1, 0.15) is 6.10 Å². The van der Waals surface area contributed by atoms with E-state index in [1.807, 2.05) is 13.8 Å². The van der Waals surface area contributed by atoms with Gasteiger partial charge in [-0.25, -0.2) is 0 Å². The number of ether oxygens (including phenoxy) is 3. The first-order valence-corrected chi connectivity index (χ1v) is 9.68. The van der Waals surface area contributed by atoms with Crippen molar-refractivity contribution >= 4 is 11.9 Å². The van der Waals surface area contributed by atoms with E-state index in [-0.39, 0.29) is 48.1 Å². The number of carbonyl (C=O) groups is 2. The molecule has 0 radical (unpaired) electrons. The molecule has 4 aliphatic heterocycles. The summed E-state index contributed by atoms with van der Waals surface area (Å²) in [6.45, 7) is 4.84. The van der Waals surface area contributed by atoms with Gasteiger partial charge < -0.3 is 14.2 Å². The second-order valence-electron chi connectivity index (χ2n) is 8.36. The van der Waals surface area contributed by atoms with Crippen molar-refractivity contribution < 1.29 is 23.8 Å². The van der Waals surface area contributed by atoms with Crippen molar-refractivity contribution in [2.24, 2.45) is 11.8 Å². The molecule has 7 atom stereocenters. The highest BCUT2D eigenvalue weighted by atomic mass is 16.6. The molecule has 4 rings (SSSR count). The lowest BCUT2D eigenvalue weighted by Gasteiger charge is -2.42. The summed E-state index contributed by atoms with van der Waals surface area (Å²) in [5.41, 5.74) is -0.551. The Morgan fingerprint density at radius 2 is 1.92 bits per heavy atom. The summed E-state index contributed by atoms with van der Waals surface area (Å²) < 4.78 is 17.5. The lowest BCUT2D eigenvalue weighted by atomic mass is 9.81. The number of hydrogen-bond donors (Lipinski definition) is 0. The molecule has 0 bridgehead atoms. The van der Waals surface area contributed by atoms with Crippen molar-refractivity contribution in [3.8, 4) is 0 Å². The molecule has 4 heterocycles. The van der Waals surface area contributed by atoms with E-state index >= 15 is 0 Å². The summed E-state index contributed by atoms with van der Waals surface area (Å²) >= 11 is 0. The monoisotopic (exact) mass is 351 g/mol. The Hall–Kier alpha value is -1.14. The van der Waals surface area contributed by atoms with Crippen molar-refractivity contribution in [1.29, 1.82) is 0 Å². The lowest BCUT2D eigenvalue weighted by molar-refractivity contribution is -0.172. The average molecular weight is 351 g/mol. The molecular weight excluding hydrogens is 322 g/mol. The largest absolute Gasteiger partial charge is 0.460 e. The van der Waals surface area contributed by atoms with E-state index in [4.69, 9.17) is 14.2 Å². The third-order valence-corrected chi connectivity index (χ3v) is 6.84. The third-order valence-electron chi connectivity index (χ3n) is 6.84. The molecule has 0 aromatic heterocycles. The van der Waals surface area contributed by atoms with E-state index in [0.717, 1.165) is 45.1 Å². The minimum absolute atomic E-state index is 0.0129. The van der Waals surface area contributed by atoms with Crippen molar-refractivity contribution in [3.63, 3.8) is 0 Å². The van der Waals surface area contributed by atoms with Crippen LogP contribution in [-0.4, -0.2) is 60.4 Å². The van der Waals surface area contributed by atoms with E-state index in [9.17, 15) is 9.59 Å². The Morgan fingerprint density at radius 1 is 1.12 bits per heavy atom. The molecule has 6 nitrogen and oxygen atoms in total. The molecule has 25 heavy (non-hydrogen) atoms. The fraction of sp³-hybridized carbons (Fsp3) is 0.895. The number of hydrogen-bond acceptors (Lipinski definition) is 6. The highest BCUT2D eigenvalue weighted by Gasteiger charge is 2.61. The number of cyclic esters (lactones) is 1. The van der Waals surface area contributed by atoms with Crippen molar-refractivity contribution in [3.05, 3.63) is 0 Å². The van der Waals surface area contributed by atoms with Crippen LogP contribution in [-0.2, 0) is 23.8 Å². The van der Waals surface area contributed by atoms with Gasteiger partial charge in [0.05, 0.1) is 24.0 Å². The summed E-state index contributed by atoms with van der Waals surface area (Å²) in [6, 6.07) is 0.398. The SMILES string of the molecule is COC1CCCN2C(CC[C@H]2C2C[C@H](C)C(=O)O2)[C@@]12C[C@@H](C)C(=O)O2. The Morgan fingerprint density at radius 3 is 2.52 bits per heavy atom. The molecule has 0 N–H and O–H groups in total. The minimum atomic E-state index is -0.551. The van der Waals surface area contributed by atoms with Gasteiger partial charge >= 0.3 is 11.9 Å². The quantitative estimate of drug-likeness (QED) is 0.708. The fourth-order valence-electron chi connectivity index (χ4n) is 5.66. The lowest BCUT2D eigenvalue weighted by Crippen LogP contribution is -2.57. The van der Waals surface area contributed by atoms with Crippen molar-refractivity contribution in [1.82, 2.24) is 4.90 Å². The maximum absolute atomic E-state index is 12.3. The van der Waals surface area contributed by atoms with Gasteiger partial charge in [0.2, 0.25) is 0 Å². The predicted octanol–water partition coefficient (Wildman–Crippen LogP) is 1.90. The molecule has 0 aromatic rings. The van der Waals surface area contributed by atoms with Crippen molar-refractivity contribution in [2.45, 2.75) is 82.3 Å². The van der Waals surface area contributed by atoms with Gasteiger partial charge in [-0.1, -0.05) is 13.8 Å². The third kappa shape index (κ3) is 2.60. The molecule has 1 spiro atoms. The number of methoxy groups -OCH3 is 1. The minimum Gasteiger partial charge on any atom is -0.460 e. The van der Waals surface area contributed by atoms with Gasteiger partial charge in [-0.05, 0) is 38.6 Å². The smallest absolute Gasteiger partial charge is 0.309 e. The van der Waals surface area contributed by atoms with Crippen LogP contribution < -0.4 is 0 Å². The van der Waals surface area contributed by atoms with Gasteiger partial charge in [0.25, 0.3) is 0 Å². The maximum atomic E-state index is 12.3. The van der Waals surface area contributed by atoms with E-state index < -0.39 is 5.60 Å². The zero-order valence-corrected chi connectivity index (χ0v) is 15.4. The molecule has 3 unspecified atom stereocenters. The molecule has 0 aromatic carbocycles.